The zero-order valence-electron chi connectivity index (χ0n) is 16.0. The Morgan fingerprint density at radius 2 is 1.97 bits per heavy atom. The van der Waals surface area contributed by atoms with Crippen LogP contribution in [0.15, 0.2) is 18.2 Å². The predicted molar refractivity (Wildman–Crippen MR) is 106 cm³/mol. The van der Waals surface area contributed by atoms with Gasteiger partial charge in [-0.25, -0.2) is 4.98 Å². The van der Waals surface area contributed by atoms with E-state index in [4.69, 9.17) is 14.2 Å². The third kappa shape index (κ3) is 4.60. The van der Waals surface area contributed by atoms with Gasteiger partial charge in [0.15, 0.2) is 16.6 Å². The molecule has 1 saturated heterocycles. The van der Waals surface area contributed by atoms with Gasteiger partial charge in [-0.15, -0.1) is 0 Å². The largest absolute Gasteiger partial charge is 0.454 e. The number of nitrogens with one attached hydrogen (secondary N) is 2. The molecule has 10 heteroatoms. The highest BCUT2D eigenvalue weighted by Crippen LogP contribution is 2.32. The smallest absolute Gasteiger partial charge is 0.281 e. The fourth-order valence-electron chi connectivity index (χ4n) is 3.08. The zero-order chi connectivity index (χ0) is 20.2. The van der Waals surface area contributed by atoms with Gasteiger partial charge in [0, 0.05) is 19.5 Å². The van der Waals surface area contributed by atoms with Gasteiger partial charge in [0.1, 0.15) is 4.88 Å². The molecule has 0 atom stereocenters. The molecule has 0 unspecified atom stereocenters. The first-order valence-electron chi connectivity index (χ1n) is 9.38. The first-order chi connectivity index (χ1) is 14.1. The highest BCUT2D eigenvalue weighted by molar-refractivity contribution is 7.17. The number of hydrogen-bond acceptors (Lipinski definition) is 8. The number of hydrogen-bond donors (Lipinski definition) is 2. The molecular weight excluding hydrogens is 396 g/mol. The lowest BCUT2D eigenvalue weighted by atomic mass is 10.1. The van der Waals surface area contributed by atoms with E-state index >= 15 is 0 Å². The molecule has 0 aliphatic carbocycles. The number of hydrazine groups is 1. The van der Waals surface area contributed by atoms with E-state index < -0.39 is 0 Å². The molecule has 2 aliphatic rings. The number of carbonyl (C=O) groups excluding carboxylic acids is 2. The molecule has 154 valence electrons. The fourth-order valence-corrected chi connectivity index (χ4v) is 4.10. The minimum Gasteiger partial charge on any atom is -0.454 e. The van der Waals surface area contributed by atoms with Gasteiger partial charge in [-0.05, 0) is 31.0 Å². The van der Waals surface area contributed by atoms with Crippen LogP contribution in [0.5, 0.6) is 11.5 Å². The quantitative estimate of drug-likeness (QED) is 0.708. The second-order valence-corrected chi connectivity index (χ2v) is 7.68. The summed E-state index contributed by atoms with van der Waals surface area (Å²) in [7, 11) is 0. The molecule has 2 aliphatic heterocycles. The van der Waals surface area contributed by atoms with Gasteiger partial charge in [0.05, 0.1) is 18.9 Å². The highest BCUT2D eigenvalue weighted by Gasteiger charge is 2.21. The van der Waals surface area contributed by atoms with Gasteiger partial charge in [0.2, 0.25) is 12.7 Å². The Morgan fingerprint density at radius 1 is 1.17 bits per heavy atom. The molecule has 1 aromatic heterocycles. The lowest BCUT2D eigenvalue weighted by molar-refractivity contribution is -0.121. The van der Waals surface area contributed by atoms with Crippen molar-refractivity contribution in [2.45, 2.75) is 19.8 Å². The van der Waals surface area contributed by atoms with Crippen LogP contribution in [0, 0.1) is 6.92 Å². The molecule has 3 heterocycles. The molecule has 2 N–H and O–H groups in total. The first kappa shape index (κ1) is 19.5. The summed E-state index contributed by atoms with van der Waals surface area (Å²) in [6, 6.07) is 5.59. The lowest BCUT2D eigenvalue weighted by Crippen LogP contribution is -2.41. The molecule has 0 spiro atoms. The second kappa shape index (κ2) is 8.66. The van der Waals surface area contributed by atoms with Gasteiger partial charge < -0.3 is 19.1 Å². The minimum atomic E-state index is -0.365. The van der Waals surface area contributed by atoms with E-state index in [1.165, 1.54) is 11.3 Å². The summed E-state index contributed by atoms with van der Waals surface area (Å²) < 4.78 is 16.0. The van der Waals surface area contributed by atoms with Crippen LogP contribution in [0.1, 0.15) is 27.3 Å². The van der Waals surface area contributed by atoms with Crippen molar-refractivity contribution in [3.63, 3.8) is 0 Å². The number of carbonyl (C=O) groups is 2. The number of morpholine rings is 1. The summed E-state index contributed by atoms with van der Waals surface area (Å²) in [6.45, 7) is 4.82. The van der Waals surface area contributed by atoms with Crippen LogP contribution in [0.2, 0.25) is 0 Å². The van der Waals surface area contributed by atoms with E-state index in [0.29, 0.717) is 41.7 Å². The van der Waals surface area contributed by atoms with Crippen LogP contribution in [0.4, 0.5) is 5.13 Å². The van der Waals surface area contributed by atoms with Crippen molar-refractivity contribution in [2.24, 2.45) is 0 Å². The van der Waals surface area contributed by atoms with Crippen LogP contribution in [-0.4, -0.2) is 49.9 Å². The van der Waals surface area contributed by atoms with Crippen molar-refractivity contribution in [2.75, 3.05) is 38.0 Å². The Labute approximate surface area is 171 Å². The molecule has 2 aromatic rings. The topological polar surface area (TPSA) is 102 Å². The molecule has 29 heavy (non-hydrogen) atoms. The number of benzene rings is 1. The Balaban J connectivity index is 1.27. The van der Waals surface area contributed by atoms with Crippen LogP contribution >= 0.6 is 11.3 Å². The van der Waals surface area contributed by atoms with Crippen LogP contribution in [-0.2, 0) is 16.0 Å². The molecule has 2 amide bonds. The van der Waals surface area contributed by atoms with E-state index in [2.05, 4.69) is 20.7 Å². The maximum Gasteiger partial charge on any atom is 0.281 e. The van der Waals surface area contributed by atoms with E-state index in [1.807, 2.05) is 18.2 Å². The van der Waals surface area contributed by atoms with Crippen molar-refractivity contribution in [3.05, 3.63) is 34.3 Å². The summed E-state index contributed by atoms with van der Waals surface area (Å²) in [5.41, 5.74) is 6.55. The van der Waals surface area contributed by atoms with Crippen molar-refractivity contribution in [1.29, 1.82) is 0 Å². The van der Waals surface area contributed by atoms with Crippen LogP contribution in [0.3, 0.4) is 0 Å². The molecule has 9 nitrogen and oxygen atoms in total. The van der Waals surface area contributed by atoms with Crippen molar-refractivity contribution in [1.82, 2.24) is 15.8 Å². The number of fused-ring (bicyclic) bond motifs is 1. The normalized spacial score (nSPS) is 15.3. The Kier molecular flexibility index (Phi) is 5.81. The SMILES string of the molecule is Cc1nc(N2CCOCC2)sc1C(=O)NNC(=O)CCc1ccc2c(c1)OCO2. The summed E-state index contributed by atoms with van der Waals surface area (Å²) in [6.07, 6.45) is 0.764. The molecule has 1 fully saturated rings. The molecule has 0 radical (unpaired) electrons. The number of aryl methyl sites for hydroxylation is 2. The molecule has 0 bridgehead atoms. The average molecular weight is 418 g/mol. The first-order valence-corrected chi connectivity index (χ1v) is 10.2. The van der Waals surface area contributed by atoms with E-state index in [1.54, 1.807) is 6.92 Å². The van der Waals surface area contributed by atoms with Gasteiger partial charge >= 0.3 is 0 Å². The second-order valence-electron chi connectivity index (χ2n) is 6.70. The van der Waals surface area contributed by atoms with Crippen molar-refractivity contribution >= 4 is 28.3 Å². The Bertz CT molecular complexity index is 910. The number of ether oxygens (including phenoxy) is 3. The number of anilines is 1. The maximum atomic E-state index is 12.4. The van der Waals surface area contributed by atoms with Crippen molar-refractivity contribution in [3.8, 4) is 11.5 Å². The van der Waals surface area contributed by atoms with E-state index in [0.717, 1.165) is 23.8 Å². The van der Waals surface area contributed by atoms with Crippen molar-refractivity contribution < 1.29 is 23.8 Å². The third-order valence-corrected chi connectivity index (χ3v) is 5.88. The lowest BCUT2D eigenvalue weighted by Gasteiger charge is -2.25. The predicted octanol–water partition coefficient (Wildman–Crippen LogP) is 1.41. The van der Waals surface area contributed by atoms with Crippen LogP contribution < -0.4 is 25.2 Å². The fraction of sp³-hybridized carbons (Fsp3) is 0.421. The van der Waals surface area contributed by atoms with Gasteiger partial charge in [-0.1, -0.05) is 17.4 Å². The van der Waals surface area contributed by atoms with E-state index in [9.17, 15) is 9.59 Å². The maximum absolute atomic E-state index is 12.4. The molecule has 4 rings (SSSR count). The summed E-state index contributed by atoms with van der Waals surface area (Å²) in [5.74, 6) is 0.761. The number of nitrogens with zero attached hydrogens (tertiary/aromatic N) is 2. The third-order valence-electron chi connectivity index (χ3n) is 4.67. The molecular formula is C19H22N4O5S. The average Bonchev–Trinajstić information content (AvgIpc) is 3.37. The standard InChI is InChI=1S/C19H22N4O5S/c1-12-17(29-19(20-12)23-6-8-26-9-7-23)18(25)22-21-16(24)5-3-13-2-4-14-15(10-13)28-11-27-14/h2,4,10H,3,5-9,11H2,1H3,(H,21,24)(H,22,25). The zero-order valence-corrected chi connectivity index (χ0v) is 16.8. The van der Waals surface area contributed by atoms with Gasteiger partial charge in [-0.3, -0.25) is 20.4 Å². The number of thiazole rings is 1. The van der Waals surface area contributed by atoms with Gasteiger partial charge in [-0.2, -0.15) is 0 Å². The summed E-state index contributed by atoms with van der Waals surface area (Å²) in [4.78, 5) is 31.6. The van der Waals surface area contributed by atoms with Gasteiger partial charge in [0.25, 0.3) is 5.91 Å². The minimum absolute atomic E-state index is 0.218. The number of amides is 2. The highest BCUT2D eigenvalue weighted by atomic mass is 32.1. The molecule has 1 aromatic carbocycles. The number of rotatable bonds is 5. The van der Waals surface area contributed by atoms with E-state index in [-0.39, 0.29) is 25.0 Å². The van der Waals surface area contributed by atoms with Crippen LogP contribution in [0.25, 0.3) is 0 Å². The molecule has 0 saturated carbocycles. The monoisotopic (exact) mass is 418 g/mol. The summed E-state index contributed by atoms with van der Waals surface area (Å²) in [5, 5.41) is 0.796. The Hall–Kier alpha value is -2.85. The number of aromatic nitrogens is 1. The Morgan fingerprint density at radius 3 is 2.79 bits per heavy atom. The summed E-state index contributed by atoms with van der Waals surface area (Å²) >= 11 is 1.32.